The van der Waals surface area contributed by atoms with Crippen molar-refractivity contribution in [1.29, 1.82) is 0 Å². The van der Waals surface area contributed by atoms with Gasteiger partial charge in [-0.25, -0.2) is 26.4 Å². The molecule has 2 fully saturated rings. The number of hydrogen-bond donors (Lipinski definition) is 4. The van der Waals surface area contributed by atoms with Crippen LogP contribution in [0.2, 0.25) is 0 Å². The zero-order chi connectivity index (χ0) is 51.3. The molecule has 4 aromatic carbocycles. The highest BCUT2D eigenvalue weighted by molar-refractivity contribution is 7.91. The minimum absolute atomic E-state index is 0.00842. The number of aliphatic hydroxyl groups excluding tert-OH is 2. The van der Waals surface area contributed by atoms with Crippen LogP contribution in [0.3, 0.4) is 0 Å². The predicted molar refractivity (Wildman–Crippen MR) is 259 cm³/mol. The Kier molecular flexibility index (Phi) is 18.5. The molecular formula is C49H60N4O16S2. The first kappa shape index (κ1) is 53.7. The molecule has 20 nitrogen and oxygen atoms in total. The summed E-state index contributed by atoms with van der Waals surface area (Å²) in [5, 5.41) is 19.9. The van der Waals surface area contributed by atoms with Gasteiger partial charge in [0.15, 0.2) is 19.7 Å². The van der Waals surface area contributed by atoms with Crippen LogP contribution < -0.4 is 30.4 Å². The fraction of sp³-hybridized carbons (Fsp3) is 0.429. The van der Waals surface area contributed by atoms with Crippen molar-refractivity contribution < 1.29 is 74.6 Å². The maximum absolute atomic E-state index is 13.9. The van der Waals surface area contributed by atoms with E-state index in [0.29, 0.717) is 58.0 Å². The zero-order valence-electron chi connectivity index (χ0n) is 39.6. The molecule has 0 bridgehead atoms. The molecule has 2 unspecified atom stereocenters. The average molecular weight is 1030 g/mol. The Hall–Kier alpha value is -6.62. The first-order valence-electron chi connectivity index (χ1n) is 23.1. The molecule has 2 heterocycles. The summed E-state index contributed by atoms with van der Waals surface area (Å²) in [6.45, 7) is -1.03. The van der Waals surface area contributed by atoms with Crippen molar-refractivity contribution in [3.05, 3.63) is 95.1 Å². The Balaban J connectivity index is 1.16. The molecule has 6 rings (SSSR count). The molecule has 0 aromatic heterocycles. The molecule has 4 aromatic rings. The molecule has 0 spiro atoms. The molecular weight excluding hydrogens is 965 g/mol. The van der Waals surface area contributed by atoms with Crippen LogP contribution in [0.5, 0.6) is 23.0 Å². The third-order valence-electron chi connectivity index (χ3n) is 12.2. The molecule has 2 aliphatic heterocycles. The van der Waals surface area contributed by atoms with Crippen molar-refractivity contribution in [1.82, 2.24) is 9.80 Å². The fourth-order valence-corrected chi connectivity index (χ4v) is 10.7. The van der Waals surface area contributed by atoms with E-state index in [-0.39, 0.29) is 92.8 Å². The summed E-state index contributed by atoms with van der Waals surface area (Å²) in [5.41, 5.74) is 11.6. The van der Waals surface area contributed by atoms with E-state index in [1.54, 1.807) is 36.4 Å². The van der Waals surface area contributed by atoms with Gasteiger partial charge in [-0.3, -0.25) is 9.59 Å². The number of nitrogens with two attached hydrogens (primary N) is 2. The van der Waals surface area contributed by atoms with Crippen molar-refractivity contribution in [3.63, 3.8) is 0 Å². The summed E-state index contributed by atoms with van der Waals surface area (Å²) < 4.78 is 85.9. The first-order valence-corrected chi connectivity index (χ1v) is 26.4. The molecule has 0 aliphatic carbocycles. The standard InChI is InChI=1S/C49H60N4O16S2/c1-64-36-28-38(42(44(50)40(36)46(56)52-20-12-14-32(52)30-54)48(58)68-24-26-70(60,61)34-16-6-3-7-17-34)66-22-10-5-11-23-67-39-29-37(65-2)41(47(57)53-21-13-15-33(53)31-55)45(51)43(39)49(59)69-25-27-71(62,63)35-18-8-4-9-19-35/h3-4,6-9,16-19,28-29,32-33,54-55H,5,10-15,20-27,30-31,50-51H2,1-2H3. The van der Waals surface area contributed by atoms with Gasteiger partial charge in [0.1, 0.15) is 58.5 Å². The molecule has 2 aliphatic rings. The van der Waals surface area contributed by atoms with Crippen LogP contribution in [-0.2, 0) is 29.1 Å². The van der Waals surface area contributed by atoms with E-state index in [0.717, 1.165) is 0 Å². The third-order valence-corrected chi connectivity index (χ3v) is 15.6. The number of benzene rings is 4. The number of sulfone groups is 2. The maximum atomic E-state index is 13.9. The van der Waals surface area contributed by atoms with Crippen LogP contribution in [0, 0.1) is 0 Å². The highest BCUT2D eigenvalue weighted by Crippen LogP contribution is 2.40. The number of nitrogens with zero attached hydrogens (tertiary/aromatic N) is 2. The molecule has 71 heavy (non-hydrogen) atoms. The van der Waals surface area contributed by atoms with Gasteiger partial charge in [-0.2, -0.15) is 0 Å². The lowest BCUT2D eigenvalue weighted by Crippen LogP contribution is -2.38. The van der Waals surface area contributed by atoms with Crippen LogP contribution in [0.15, 0.2) is 82.6 Å². The van der Waals surface area contributed by atoms with Gasteiger partial charge in [0.2, 0.25) is 0 Å². The number of hydrogen-bond acceptors (Lipinski definition) is 18. The van der Waals surface area contributed by atoms with E-state index in [1.807, 2.05) is 0 Å². The number of likely N-dealkylation sites (tertiary alicyclic amines) is 2. The van der Waals surface area contributed by atoms with Crippen LogP contribution in [0.25, 0.3) is 0 Å². The summed E-state index contributed by atoms with van der Waals surface area (Å²) in [5.74, 6) is -4.56. The number of aliphatic hydroxyl groups is 2. The van der Waals surface area contributed by atoms with E-state index in [9.17, 15) is 46.2 Å². The molecule has 384 valence electrons. The zero-order valence-corrected chi connectivity index (χ0v) is 41.2. The van der Waals surface area contributed by atoms with E-state index >= 15 is 0 Å². The highest BCUT2D eigenvalue weighted by atomic mass is 32.2. The second-order valence-corrected chi connectivity index (χ2v) is 20.9. The molecule has 22 heteroatoms. The number of ether oxygens (including phenoxy) is 6. The Morgan fingerprint density at radius 1 is 0.563 bits per heavy atom. The molecule has 0 radical (unpaired) electrons. The second-order valence-electron chi connectivity index (χ2n) is 16.7. The largest absolute Gasteiger partial charge is 0.496 e. The highest BCUT2D eigenvalue weighted by Gasteiger charge is 2.37. The van der Waals surface area contributed by atoms with Gasteiger partial charge in [-0.1, -0.05) is 36.4 Å². The number of carbonyl (C=O) groups excluding carboxylic acids is 4. The van der Waals surface area contributed by atoms with Crippen molar-refractivity contribution >= 4 is 54.8 Å². The molecule has 6 N–H and O–H groups in total. The van der Waals surface area contributed by atoms with E-state index in [1.165, 1.54) is 60.4 Å². The predicted octanol–water partition coefficient (Wildman–Crippen LogP) is 3.95. The van der Waals surface area contributed by atoms with Crippen molar-refractivity contribution in [2.75, 3.05) is 89.9 Å². The van der Waals surface area contributed by atoms with Gasteiger partial charge in [0.25, 0.3) is 11.8 Å². The number of unbranched alkanes of at least 4 members (excludes halogenated alkanes) is 2. The summed E-state index contributed by atoms with van der Waals surface area (Å²) >= 11 is 0. The topological polar surface area (TPSA) is 291 Å². The van der Waals surface area contributed by atoms with E-state index < -0.39 is 80.2 Å². The third kappa shape index (κ3) is 12.7. The summed E-state index contributed by atoms with van der Waals surface area (Å²) in [6.07, 6.45) is 3.53. The Morgan fingerprint density at radius 3 is 1.30 bits per heavy atom. The lowest BCUT2D eigenvalue weighted by Gasteiger charge is -2.26. The van der Waals surface area contributed by atoms with Crippen LogP contribution in [0.4, 0.5) is 11.4 Å². The van der Waals surface area contributed by atoms with Crippen LogP contribution >= 0.6 is 0 Å². The lowest BCUT2D eigenvalue weighted by atomic mass is 10.0. The summed E-state index contributed by atoms with van der Waals surface area (Å²) in [4.78, 5) is 58.4. The number of carbonyl (C=O) groups is 4. The van der Waals surface area contributed by atoms with Crippen molar-refractivity contribution in [3.8, 4) is 23.0 Å². The van der Waals surface area contributed by atoms with Crippen LogP contribution in [-0.4, -0.2) is 151 Å². The number of amides is 2. The van der Waals surface area contributed by atoms with Gasteiger partial charge in [-0.15, -0.1) is 0 Å². The molecule has 0 saturated carbocycles. The number of anilines is 2. The number of rotatable bonds is 24. The van der Waals surface area contributed by atoms with Crippen molar-refractivity contribution in [2.24, 2.45) is 0 Å². The van der Waals surface area contributed by atoms with Gasteiger partial charge in [0.05, 0.1) is 85.4 Å². The fourth-order valence-electron chi connectivity index (χ4n) is 8.46. The Morgan fingerprint density at radius 2 is 0.944 bits per heavy atom. The number of methoxy groups -OCH3 is 2. The number of esters is 2. The van der Waals surface area contributed by atoms with Crippen molar-refractivity contribution in [2.45, 2.75) is 66.8 Å². The minimum atomic E-state index is -3.83. The van der Waals surface area contributed by atoms with E-state index in [4.69, 9.17) is 39.9 Å². The van der Waals surface area contributed by atoms with Gasteiger partial charge >= 0.3 is 11.9 Å². The van der Waals surface area contributed by atoms with Crippen LogP contribution in [0.1, 0.15) is 86.4 Å². The van der Waals surface area contributed by atoms with E-state index in [2.05, 4.69) is 0 Å². The average Bonchev–Trinajstić information content (AvgIpc) is 4.06. The smallest absolute Gasteiger partial charge is 0.344 e. The second kappa shape index (κ2) is 24.5. The summed E-state index contributed by atoms with van der Waals surface area (Å²) in [6, 6.07) is 17.0. The SMILES string of the molecule is COc1cc(OCCCCCOc2cc(OC)c(C(=O)N3CCCC3CO)c(N)c2C(=O)OCCS(=O)(=O)c2ccccc2)c(C(=O)OCCS(=O)(=O)c2ccccc2)c(N)c1C(=O)N1CCCC1CO. The molecule has 2 amide bonds. The lowest BCUT2D eigenvalue weighted by molar-refractivity contribution is 0.0515. The monoisotopic (exact) mass is 1020 g/mol. The minimum Gasteiger partial charge on any atom is -0.496 e. The van der Waals surface area contributed by atoms with Gasteiger partial charge in [-0.05, 0) is 69.2 Å². The number of nitrogen functional groups attached to an aromatic ring is 2. The molecule has 2 atom stereocenters. The first-order chi connectivity index (χ1) is 34.1. The maximum Gasteiger partial charge on any atom is 0.344 e. The Labute approximate surface area is 412 Å². The summed E-state index contributed by atoms with van der Waals surface area (Å²) in [7, 11) is -5.03. The Bertz CT molecular complexity index is 2570. The van der Waals surface area contributed by atoms with Gasteiger partial charge in [0, 0.05) is 25.2 Å². The quantitative estimate of drug-likeness (QED) is 0.0439. The van der Waals surface area contributed by atoms with Gasteiger partial charge < -0.3 is 59.9 Å². The normalized spacial score (nSPS) is 15.8. The molecule has 2 saturated heterocycles.